The lowest BCUT2D eigenvalue weighted by Gasteiger charge is -2.28. The predicted octanol–water partition coefficient (Wildman–Crippen LogP) is 5.05. The van der Waals surface area contributed by atoms with Crippen LogP contribution in [0.4, 0.5) is 0 Å². The van der Waals surface area contributed by atoms with Crippen molar-refractivity contribution in [2.45, 2.75) is 59.5 Å². The molecule has 0 N–H and O–H groups in total. The second-order valence-corrected chi connectivity index (χ2v) is 8.04. The minimum Gasteiger partial charge on any atom is -0.344 e. The monoisotopic (exact) mass is 361 g/mol. The molecular weight excluding hydrogens is 330 g/mol. The van der Waals surface area contributed by atoms with Crippen molar-refractivity contribution in [3.8, 4) is 0 Å². The van der Waals surface area contributed by atoms with Gasteiger partial charge >= 0.3 is 0 Å². The highest BCUT2D eigenvalue weighted by Crippen LogP contribution is 2.32. The van der Waals surface area contributed by atoms with Gasteiger partial charge in [-0.1, -0.05) is 31.0 Å². The average molecular weight is 362 g/mol. The number of rotatable bonds is 6. The van der Waals surface area contributed by atoms with Crippen molar-refractivity contribution in [2.75, 3.05) is 13.1 Å². The molecule has 0 amide bonds. The van der Waals surface area contributed by atoms with Crippen LogP contribution in [0.3, 0.4) is 0 Å². The van der Waals surface area contributed by atoms with Gasteiger partial charge in [0.2, 0.25) is 0 Å². The Labute approximate surface area is 163 Å². The maximum absolute atomic E-state index is 4.46. The Balaban J connectivity index is 1.65. The van der Waals surface area contributed by atoms with Crippen LogP contribution >= 0.6 is 0 Å². The molecule has 3 aromatic rings. The summed E-state index contributed by atoms with van der Waals surface area (Å²) in [5.41, 5.74) is 8.30. The van der Waals surface area contributed by atoms with Gasteiger partial charge in [-0.05, 0) is 62.6 Å². The van der Waals surface area contributed by atoms with Crippen LogP contribution in [0.25, 0.3) is 10.9 Å². The smallest absolute Gasteiger partial charge is 0.0486 e. The van der Waals surface area contributed by atoms with Gasteiger partial charge in [-0.15, -0.1) is 0 Å². The first-order chi connectivity index (χ1) is 13.2. The SMILES string of the molecule is CCCCN1CCc2c(c3cc(C)ccc3n2CCc2ccc(C)nc2)C1. The van der Waals surface area contributed by atoms with Gasteiger partial charge in [0, 0.05) is 54.5 Å². The predicted molar refractivity (Wildman–Crippen MR) is 113 cm³/mol. The average Bonchev–Trinajstić information content (AvgIpc) is 2.98. The van der Waals surface area contributed by atoms with E-state index in [2.05, 4.69) is 58.6 Å². The van der Waals surface area contributed by atoms with Gasteiger partial charge in [-0.3, -0.25) is 9.88 Å². The molecule has 0 saturated heterocycles. The Bertz CT molecular complexity index is 921. The van der Waals surface area contributed by atoms with Gasteiger partial charge in [0.05, 0.1) is 0 Å². The van der Waals surface area contributed by atoms with E-state index < -0.39 is 0 Å². The molecule has 0 spiro atoms. The van der Waals surface area contributed by atoms with Crippen LogP contribution in [0.15, 0.2) is 36.5 Å². The molecule has 1 aliphatic heterocycles. The lowest BCUT2D eigenvalue weighted by molar-refractivity contribution is 0.248. The van der Waals surface area contributed by atoms with Crippen molar-refractivity contribution in [1.29, 1.82) is 0 Å². The topological polar surface area (TPSA) is 21.1 Å². The summed E-state index contributed by atoms with van der Waals surface area (Å²) >= 11 is 0. The third-order valence-electron chi connectivity index (χ3n) is 5.91. The van der Waals surface area contributed by atoms with Gasteiger partial charge in [0.15, 0.2) is 0 Å². The van der Waals surface area contributed by atoms with E-state index >= 15 is 0 Å². The fourth-order valence-electron chi connectivity index (χ4n) is 4.33. The summed E-state index contributed by atoms with van der Waals surface area (Å²) in [6.07, 6.45) is 6.81. The van der Waals surface area contributed by atoms with Gasteiger partial charge in [0.25, 0.3) is 0 Å². The molecule has 1 aliphatic rings. The molecule has 0 bridgehead atoms. The van der Waals surface area contributed by atoms with E-state index in [-0.39, 0.29) is 0 Å². The number of aryl methyl sites for hydroxylation is 4. The van der Waals surface area contributed by atoms with Crippen molar-refractivity contribution >= 4 is 10.9 Å². The highest BCUT2D eigenvalue weighted by molar-refractivity contribution is 5.86. The lowest BCUT2D eigenvalue weighted by atomic mass is 10.0. The van der Waals surface area contributed by atoms with Crippen molar-refractivity contribution in [3.63, 3.8) is 0 Å². The van der Waals surface area contributed by atoms with E-state index in [1.165, 1.54) is 54.4 Å². The van der Waals surface area contributed by atoms with Crippen LogP contribution in [0.5, 0.6) is 0 Å². The van der Waals surface area contributed by atoms with Crippen LogP contribution < -0.4 is 0 Å². The first kappa shape index (κ1) is 18.2. The third-order valence-corrected chi connectivity index (χ3v) is 5.91. The number of pyridine rings is 1. The molecule has 142 valence electrons. The highest BCUT2D eigenvalue weighted by atomic mass is 15.1. The molecule has 0 radical (unpaired) electrons. The van der Waals surface area contributed by atoms with Crippen molar-refractivity contribution < 1.29 is 0 Å². The van der Waals surface area contributed by atoms with Gasteiger partial charge in [0.1, 0.15) is 0 Å². The summed E-state index contributed by atoms with van der Waals surface area (Å²) in [6.45, 7) is 11.1. The Kier molecular flexibility index (Phi) is 5.31. The Morgan fingerprint density at radius 3 is 2.74 bits per heavy atom. The lowest BCUT2D eigenvalue weighted by Crippen LogP contribution is -2.32. The van der Waals surface area contributed by atoms with Crippen LogP contribution in [-0.4, -0.2) is 27.5 Å². The molecule has 3 nitrogen and oxygen atoms in total. The normalized spacial score (nSPS) is 14.6. The molecule has 0 atom stereocenters. The van der Waals surface area contributed by atoms with Gasteiger partial charge in [-0.25, -0.2) is 0 Å². The molecule has 3 heteroatoms. The summed E-state index contributed by atoms with van der Waals surface area (Å²) in [6, 6.07) is 11.3. The number of nitrogens with zero attached hydrogens (tertiary/aromatic N) is 3. The largest absolute Gasteiger partial charge is 0.344 e. The summed E-state index contributed by atoms with van der Waals surface area (Å²) in [5, 5.41) is 1.47. The van der Waals surface area contributed by atoms with Gasteiger partial charge < -0.3 is 4.57 Å². The quantitative estimate of drug-likeness (QED) is 0.612. The van der Waals surface area contributed by atoms with E-state index in [0.717, 1.165) is 25.2 Å². The van der Waals surface area contributed by atoms with Gasteiger partial charge in [-0.2, -0.15) is 0 Å². The third kappa shape index (κ3) is 3.79. The second kappa shape index (κ2) is 7.85. The zero-order chi connectivity index (χ0) is 18.8. The zero-order valence-electron chi connectivity index (χ0n) is 17.0. The van der Waals surface area contributed by atoms with Crippen molar-refractivity contribution in [3.05, 3.63) is 64.6 Å². The minimum absolute atomic E-state index is 1.04. The first-order valence-electron chi connectivity index (χ1n) is 10.4. The minimum atomic E-state index is 1.04. The number of unbranched alkanes of at least 4 members (excludes halogenated alkanes) is 1. The fourth-order valence-corrected chi connectivity index (χ4v) is 4.33. The molecule has 0 aliphatic carbocycles. The summed E-state index contributed by atoms with van der Waals surface area (Å²) in [5.74, 6) is 0. The molecule has 2 aromatic heterocycles. The molecule has 0 fully saturated rings. The van der Waals surface area contributed by atoms with Crippen molar-refractivity contribution in [2.24, 2.45) is 0 Å². The number of fused-ring (bicyclic) bond motifs is 3. The summed E-state index contributed by atoms with van der Waals surface area (Å²) in [7, 11) is 0. The zero-order valence-corrected chi connectivity index (χ0v) is 17.0. The molecule has 4 rings (SSSR count). The fraction of sp³-hybridized carbons (Fsp3) is 0.458. The van der Waals surface area contributed by atoms with E-state index in [1.54, 1.807) is 11.3 Å². The van der Waals surface area contributed by atoms with Crippen LogP contribution in [0.2, 0.25) is 0 Å². The Hall–Kier alpha value is -2.13. The molecular formula is C24H31N3. The van der Waals surface area contributed by atoms with E-state index in [1.807, 2.05) is 13.1 Å². The molecule has 0 saturated carbocycles. The summed E-state index contributed by atoms with van der Waals surface area (Å²) in [4.78, 5) is 7.10. The number of aromatic nitrogens is 2. The Morgan fingerprint density at radius 1 is 1.07 bits per heavy atom. The second-order valence-electron chi connectivity index (χ2n) is 8.04. The van der Waals surface area contributed by atoms with Crippen LogP contribution in [-0.2, 0) is 25.9 Å². The molecule has 3 heterocycles. The molecule has 0 unspecified atom stereocenters. The highest BCUT2D eigenvalue weighted by Gasteiger charge is 2.23. The van der Waals surface area contributed by atoms with E-state index in [0.29, 0.717) is 0 Å². The molecule has 1 aromatic carbocycles. The van der Waals surface area contributed by atoms with Crippen LogP contribution in [0, 0.1) is 13.8 Å². The first-order valence-corrected chi connectivity index (χ1v) is 10.4. The van der Waals surface area contributed by atoms with Crippen LogP contribution in [0.1, 0.15) is 47.8 Å². The molecule has 27 heavy (non-hydrogen) atoms. The maximum Gasteiger partial charge on any atom is 0.0486 e. The van der Waals surface area contributed by atoms with E-state index in [4.69, 9.17) is 0 Å². The number of benzene rings is 1. The number of hydrogen-bond donors (Lipinski definition) is 0. The summed E-state index contributed by atoms with van der Waals surface area (Å²) < 4.78 is 2.58. The number of hydrogen-bond acceptors (Lipinski definition) is 2. The standard InChI is InChI=1S/C24H31N3/c1-4-5-12-26-13-11-24-22(17-26)21-15-18(2)6-9-23(21)27(24)14-10-20-8-7-19(3)25-16-20/h6-9,15-16H,4-5,10-14,17H2,1-3H3. The van der Waals surface area contributed by atoms with E-state index in [9.17, 15) is 0 Å². The maximum atomic E-state index is 4.46. The van der Waals surface area contributed by atoms with Crippen molar-refractivity contribution in [1.82, 2.24) is 14.5 Å². The Morgan fingerprint density at radius 2 is 1.96 bits per heavy atom.